The number of esters is 1. The summed E-state index contributed by atoms with van der Waals surface area (Å²) in [6.07, 6.45) is 7.88. The van der Waals surface area contributed by atoms with E-state index in [1.165, 1.54) is 0 Å². The molecule has 0 saturated carbocycles. The van der Waals surface area contributed by atoms with Crippen LogP contribution in [-0.2, 0) is 14.2 Å². The molecule has 1 aromatic carbocycles. The lowest BCUT2D eigenvalue weighted by Gasteiger charge is -2.52. The number of aliphatic hydroxyl groups excluding tert-OH is 2. The molecule has 1 aromatic rings. The van der Waals surface area contributed by atoms with Crippen LogP contribution in [0.15, 0.2) is 42.0 Å². The van der Waals surface area contributed by atoms with Crippen molar-refractivity contribution in [2.45, 2.75) is 117 Å². The summed E-state index contributed by atoms with van der Waals surface area (Å²) in [6.45, 7) is 13.8. The number of ether oxygens (including phenoxy) is 3. The van der Waals surface area contributed by atoms with E-state index in [1.807, 2.05) is 52.0 Å². The summed E-state index contributed by atoms with van der Waals surface area (Å²) in [7, 11) is 0. The van der Waals surface area contributed by atoms with E-state index in [-0.39, 0.29) is 35.7 Å². The molecule has 0 unspecified atom stereocenters. The van der Waals surface area contributed by atoms with Crippen LogP contribution in [0.2, 0.25) is 0 Å². The Morgan fingerprint density at radius 2 is 1.78 bits per heavy atom. The molecule has 0 aromatic heterocycles. The Hall–Kier alpha value is -2.45. The van der Waals surface area contributed by atoms with Crippen molar-refractivity contribution in [1.82, 2.24) is 0 Å². The first kappa shape index (κ1) is 31.5. The molecule has 3 aliphatic rings. The third-order valence-corrected chi connectivity index (χ3v) is 9.33. The maximum absolute atomic E-state index is 13.7. The van der Waals surface area contributed by atoms with Crippen molar-refractivity contribution in [1.29, 1.82) is 0 Å². The monoisotopic (exact) mass is 568 g/mol. The first-order chi connectivity index (χ1) is 19.3. The van der Waals surface area contributed by atoms with E-state index >= 15 is 0 Å². The van der Waals surface area contributed by atoms with Gasteiger partial charge in [0, 0.05) is 31.1 Å². The summed E-state index contributed by atoms with van der Waals surface area (Å²) >= 11 is 0. The highest BCUT2D eigenvalue weighted by molar-refractivity contribution is 5.96. The summed E-state index contributed by atoms with van der Waals surface area (Å²) in [5, 5.41) is 32.6. The van der Waals surface area contributed by atoms with Gasteiger partial charge < -0.3 is 29.5 Å². The largest absolute Gasteiger partial charge is 0.508 e. The van der Waals surface area contributed by atoms with Gasteiger partial charge in [0.05, 0.1) is 30.0 Å². The van der Waals surface area contributed by atoms with Gasteiger partial charge in [-0.2, -0.15) is 0 Å². The first-order valence-electron chi connectivity index (χ1n) is 15.1. The first-order valence-corrected chi connectivity index (χ1v) is 15.1. The number of phenols is 1. The van der Waals surface area contributed by atoms with Crippen molar-refractivity contribution in [3.8, 4) is 5.75 Å². The molecule has 2 bridgehead atoms. The lowest BCUT2D eigenvalue weighted by atomic mass is 9.79. The van der Waals surface area contributed by atoms with E-state index in [0.29, 0.717) is 42.4 Å². The fraction of sp³-hybridized carbons (Fsp3) is 0.618. The quantitative estimate of drug-likeness (QED) is 0.286. The van der Waals surface area contributed by atoms with Gasteiger partial charge in [-0.15, -0.1) is 0 Å². The van der Waals surface area contributed by atoms with Gasteiger partial charge in [-0.25, -0.2) is 4.79 Å². The SMILES string of the molecule is CC[C@H](C)[C@H]1O[C@@]2(C[C@@H]3C[C@@H](C/C=C(\C)[C@@H](O)[C@@H](C)/C=C\C=C(\C)c4cc(O)c(C)cc4C(=O)O3)O2)C[C@@H](O)[C@@H]1C. The second-order valence-electron chi connectivity index (χ2n) is 12.6. The molecule has 3 aliphatic heterocycles. The van der Waals surface area contributed by atoms with Gasteiger partial charge in [-0.05, 0) is 67.5 Å². The average molecular weight is 569 g/mol. The molecule has 3 N–H and O–H groups in total. The van der Waals surface area contributed by atoms with Crippen molar-refractivity contribution in [3.05, 3.63) is 58.7 Å². The van der Waals surface area contributed by atoms with Gasteiger partial charge >= 0.3 is 5.97 Å². The molecule has 0 radical (unpaired) electrons. The number of rotatable bonds is 2. The van der Waals surface area contributed by atoms with Crippen LogP contribution in [0.3, 0.4) is 0 Å². The number of allylic oxidation sites excluding steroid dienone is 3. The van der Waals surface area contributed by atoms with E-state index in [9.17, 15) is 20.1 Å². The number of phenolic OH excluding ortho intramolecular Hbond substituents is 1. The number of fused-ring (bicyclic) bond motifs is 3. The van der Waals surface area contributed by atoms with Gasteiger partial charge in [0.15, 0.2) is 5.79 Å². The van der Waals surface area contributed by atoms with Gasteiger partial charge in [0.1, 0.15) is 11.9 Å². The summed E-state index contributed by atoms with van der Waals surface area (Å²) in [6, 6.07) is 3.27. The van der Waals surface area contributed by atoms with Crippen LogP contribution in [0.1, 0.15) is 95.1 Å². The molecule has 4 rings (SSSR count). The van der Waals surface area contributed by atoms with Gasteiger partial charge in [-0.1, -0.05) is 58.4 Å². The molecule has 0 amide bonds. The molecule has 0 aliphatic carbocycles. The Morgan fingerprint density at radius 1 is 1.05 bits per heavy atom. The molecule has 9 atom stereocenters. The van der Waals surface area contributed by atoms with E-state index < -0.39 is 30.1 Å². The van der Waals surface area contributed by atoms with E-state index in [0.717, 1.165) is 17.6 Å². The zero-order valence-corrected chi connectivity index (χ0v) is 25.6. The lowest BCUT2D eigenvalue weighted by Crippen LogP contribution is -2.59. The third-order valence-electron chi connectivity index (χ3n) is 9.33. The molecule has 1 spiro atoms. The number of hydrogen-bond acceptors (Lipinski definition) is 7. The number of aryl methyl sites for hydroxylation is 1. The maximum atomic E-state index is 13.7. The van der Waals surface area contributed by atoms with E-state index in [2.05, 4.69) is 13.8 Å². The van der Waals surface area contributed by atoms with E-state index in [1.54, 1.807) is 19.1 Å². The minimum atomic E-state index is -1.08. The number of aliphatic hydroxyl groups is 2. The molecular formula is C34H48O7. The molecule has 3 heterocycles. The standard InChI is InChI=1S/C34H48O7/c1-8-19(2)32-24(7)30(36)18-34(41-32)17-26-15-25(40-34)13-12-22(5)31(37)21(4)11-9-10-20(3)27-16-29(35)23(6)14-28(27)33(38)39-26/h9-12,14,16,19,21,24-26,30-32,35-37H,8,13,15,17-18H2,1-7H3/b11-9-,20-10-,22-12+/t19-,21-,24-,25+,26-,30+,31-,32+,34-/m0/s1. The Balaban J connectivity index is 1.76. The van der Waals surface area contributed by atoms with Crippen molar-refractivity contribution in [2.75, 3.05) is 0 Å². The van der Waals surface area contributed by atoms with Crippen LogP contribution in [0.4, 0.5) is 0 Å². The minimum absolute atomic E-state index is 0.0461. The van der Waals surface area contributed by atoms with Crippen molar-refractivity contribution >= 4 is 11.5 Å². The second kappa shape index (κ2) is 12.8. The minimum Gasteiger partial charge on any atom is -0.508 e. The van der Waals surface area contributed by atoms with Crippen molar-refractivity contribution in [2.24, 2.45) is 17.8 Å². The number of aromatic hydroxyl groups is 1. The Morgan fingerprint density at radius 3 is 2.49 bits per heavy atom. The molecular weight excluding hydrogens is 520 g/mol. The Labute approximate surface area is 244 Å². The number of benzene rings is 1. The Bertz CT molecular complexity index is 1200. The van der Waals surface area contributed by atoms with Gasteiger partial charge in [-0.3, -0.25) is 0 Å². The summed E-state index contributed by atoms with van der Waals surface area (Å²) < 4.78 is 19.6. The molecule has 2 saturated heterocycles. The van der Waals surface area contributed by atoms with Gasteiger partial charge in [0.25, 0.3) is 0 Å². The van der Waals surface area contributed by atoms with Crippen LogP contribution in [-0.4, -0.2) is 57.6 Å². The predicted octanol–water partition coefficient (Wildman–Crippen LogP) is 6.24. The number of hydrogen-bond donors (Lipinski definition) is 3. The predicted molar refractivity (Wildman–Crippen MR) is 159 cm³/mol. The molecule has 7 heteroatoms. The van der Waals surface area contributed by atoms with Crippen LogP contribution in [0, 0.1) is 24.7 Å². The fourth-order valence-corrected chi connectivity index (χ4v) is 6.39. The topological polar surface area (TPSA) is 105 Å². The van der Waals surface area contributed by atoms with Crippen molar-refractivity contribution < 1.29 is 34.3 Å². The molecule has 7 nitrogen and oxygen atoms in total. The Kier molecular flexibility index (Phi) is 9.85. The van der Waals surface area contributed by atoms with Crippen LogP contribution in [0.5, 0.6) is 5.75 Å². The highest BCUT2D eigenvalue weighted by atomic mass is 16.7. The zero-order valence-electron chi connectivity index (χ0n) is 25.6. The number of carbonyl (C=O) groups is 1. The lowest BCUT2D eigenvalue weighted by molar-refractivity contribution is -0.353. The van der Waals surface area contributed by atoms with Crippen LogP contribution >= 0.6 is 0 Å². The number of carbonyl (C=O) groups excluding carboxylic acids is 1. The maximum Gasteiger partial charge on any atom is 0.339 e. The normalized spacial score (nSPS) is 39.0. The second-order valence-corrected chi connectivity index (χ2v) is 12.6. The zero-order chi connectivity index (χ0) is 30.1. The van der Waals surface area contributed by atoms with E-state index in [4.69, 9.17) is 14.2 Å². The van der Waals surface area contributed by atoms with Crippen LogP contribution < -0.4 is 0 Å². The summed E-state index contributed by atoms with van der Waals surface area (Å²) in [5.74, 6) is -1.41. The summed E-state index contributed by atoms with van der Waals surface area (Å²) in [5.41, 5.74) is 3.18. The fourth-order valence-electron chi connectivity index (χ4n) is 6.39. The van der Waals surface area contributed by atoms with Crippen LogP contribution in [0.25, 0.3) is 5.57 Å². The smallest absolute Gasteiger partial charge is 0.339 e. The molecule has 41 heavy (non-hydrogen) atoms. The average Bonchev–Trinajstić information content (AvgIpc) is 2.93. The van der Waals surface area contributed by atoms with Gasteiger partial charge in [0.2, 0.25) is 0 Å². The highest BCUT2D eigenvalue weighted by Gasteiger charge is 2.52. The van der Waals surface area contributed by atoms with Crippen molar-refractivity contribution in [3.63, 3.8) is 0 Å². The summed E-state index contributed by atoms with van der Waals surface area (Å²) in [4.78, 5) is 13.7. The third kappa shape index (κ3) is 6.96. The molecule has 2 fully saturated rings. The highest BCUT2D eigenvalue weighted by Crippen LogP contribution is 2.45. The molecule has 226 valence electrons.